The molecule has 1 atom stereocenters. The molecule has 0 unspecified atom stereocenters. The van der Waals surface area contributed by atoms with E-state index in [9.17, 15) is 9.59 Å². The second-order valence-electron chi connectivity index (χ2n) is 8.43. The average molecular weight is 429 g/mol. The Morgan fingerprint density at radius 2 is 1.50 bits per heavy atom. The molecule has 4 nitrogen and oxygen atoms in total. The number of aryl methyl sites for hydroxylation is 3. The SMILES string of the molecule is CNC(=O)[C@@H](Cc1ccccc1)N(Cc1ccc(C)cc1)C(=O)Cc1cc(C)ccc1C. The van der Waals surface area contributed by atoms with Gasteiger partial charge in [-0.3, -0.25) is 9.59 Å². The number of hydrogen-bond acceptors (Lipinski definition) is 2. The van der Waals surface area contributed by atoms with Gasteiger partial charge >= 0.3 is 0 Å². The molecule has 2 amide bonds. The van der Waals surface area contributed by atoms with E-state index >= 15 is 0 Å². The normalized spacial score (nSPS) is 11.6. The molecule has 0 aliphatic carbocycles. The Balaban J connectivity index is 1.96. The number of nitrogens with zero attached hydrogens (tertiary/aromatic N) is 1. The Morgan fingerprint density at radius 1 is 0.844 bits per heavy atom. The summed E-state index contributed by atoms with van der Waals surface area (Å²) >= 11 is 0. The third kappa shape index (κ3) is 6.07. The summed E-state index contributed by atoms with van der Waals surface area (Å²) in [6.45, 7) is 6.47. The monoisotopic (exact) mass is 428 g/mol. The van der Waals surface area contributed by atoms with E-state index < -0.39 is 6.04 Å². The lowest BCUT2D eigenvalue weighted by atomic mass is 9.99. The number of hydrogen-bond donors (Lipinski definition) is 1. The molecule has 32 heavy (non-hydrogen) atoms. The van der Waals surface area contributed by atoms with Gasteiger partial charge in [0, 0.05) is 20.0 Å². The lowest BCUT2D eigenvalue weighted by Crippen LogP contribution is -2.50. The summed E-state index contributed by atoms with van der Waals surface area (Å²) < 4.78 is 0. The van der Waals surface area contributed by atoms with Crippen LogP contribution in [0.3, 0.4) is 0 Å². The summed E-state index contributed by atoms with van der Waals surface area (Å²) in [5, 5.41) is 2.77. The Labute approximate surface area is 191 Å². The lowest BCUT2D eigenvalue weighted by Gasteiger charge is -2.31. The molecule has 3 rings (SSSR count). The van der Waals surface area contributed by atoms with E-state index in [0.29, 0.717) is 13.0 Å². The molecular formula is C28H32N2O2. The Kier molecular flexibility index (Phi) is 7.82. The first-order valence-electron chi connectivity index (χ1n) is 11.0. The summed E-state index contributed by atoms with van der Waals surface area (Å²) in [5.74, 6) is -0.209. The molecule has 0 radical (unpaired) electrons. The Bertz CT molecular complexity index is 1060. The highest BCUT2D eigenvalue weighted by atomic mass is 16.2. The molecule has 0 aliphatic rings. The van der Waals surface area contributed by atoms with Crippen molar-refractivity contribution in [2.75, 3.05) is 7.05 Å². The van der Waals surface area contributed by atoms with E-state index in [1.165, 1.54) is 0 Å². The Hall–Kier alpha value is -3.40. The zero-order chi connectivity index (χ0) is 23.1. The van der Waals surface area contributed by atoms with E-state index in [1.54, 1.807) is 11.9 Å². The predicted molar refractivity (Wildman–Crippen MR) is 129 cm³/mol. The quantitative estimate of drug-likeness (QED) is 0.573. The van der Waals surface area contributed by atoms with Crippen LogP contribution in [-0.2, 0) is 29.0 Å². The smallest absolute Gasteiger partial charge is 0.242 e. The molecule has 166 valence electrons. The average Bonchev–Trinajstić information content (AvgIpc) is 2.80. The van der Waals surface area contributed by atoms with Crippen molar-refractivity contribution in [3.63, 3.8) is 0 Å². The van der Waals surface area contributed by atoms with Crippen LogP contribution in [0.2, 0.25) is 0 Å². The molecule has 0 heterocycles. The third-order valence-corrected chi connectivity index (χ3v) is 5.84. The van der Waals surface area contributed by atoms with Crippen molar-refractivity contribution < 1.29 is 9.59 Å². The van der Waals surface area contributed by atoms with Crippen LogP contribution in [0.25, 0.3) is 0 Å². The Morgan fingerprint density at radius 3 is 2.16 bits per heavy atom. The fourth-order valence-corrected chi connectivity index (χ4v) is 3.87. The third-order valence-electron chi connectivity index (χ3n) is 5.84. The highest BCUT2D eigenvalue weighted by Crippen LogP contribution is 2.19. The zero-order valence-electron chi connectivity index (χ0n) is 19.4. The van der Waals surface area contributed by atoms with Crippen LogP contribution >= 0.6 is 0 Å². The molecule has 0 aromatic heterocycles. The first kappa shape index (κ1) is 23.3. The molecule has 0 saturated carbocycles. The first-order chi connectivity index (χ1) is 15.4. The van der Waals surface area contributed by atoms with Crippen LogP contribution in [-0.4, -0.2) is 29.8 Å². The molecular weight excluding hydrogens is 396 g/mol. The summed E-state index contributed by atoms with van der Waals surface area (Å²) in [7, 11) is 1.62. The number of nitrogens with one attached hydrogen (secondary N) is 1. The fraction of sp³-hybridized carbons (Fsp3) is 0.286. The summed E-state index contributed by atoms with van der Waals surface area (Å²) in [6.07, 6.45) is 0.729. The molecule has 0 bridgehead atoms. The van der Waals surface area contributed by atoms with Crippen LogP contribution in [0.5, 0.6) is 0 Å². The summed E-state index contributed by atoms with van der Waals surface area (Å²) in [4.78, 5) is 28.4. The van der Waals surface area contributed by atoms with Crippen molar-refractivity contribution in [2.45, 2.75) is 46.2 Å². The summed E-state index contributed by atoms with van der Waals surface area (Å²) in [6, 6.07) is 23.5. The van der Waals surface area contributed by atoms with Gasteiger partial charge in [0.05, 0.1) is 6.42 Å². The number of benzene rings is 3. The zero-order valence-corrected chi connectivity index (χ0v) is 19.4. The van der Waals surface area contributed by atoms with Crippen LogP contribution in [0.1, 0.15) is 33.4 Å². The molecule has 0 spiro atoms. The molecule has 0 aliphatic heterocycles. The minimum absolute atomic E-state index is 0.0520. The maximum absolute atomic E-state index is 13.6. The molecule has 0 saturated heterocycles. The largest absolute Gasteiger partial charge is 0.357 e. The van der Waals surface area contributed by atoms with Crippen LogP contribution in [0.4, 0.5) is 0 Å². The van der Waals surface area contributed by atoms with Crippen molar-refractivity contribution >= 4 is 11.8 Å². The molecule has 4 heteroatoms. The number of carbonyl (C=O) groups excluding carboxylic acids is 2. The van der Waals surface area contributed by atoms with Gasteiger partial charge in [0.2, 0.25) is 11.8 Å². The molecule has 3 aromatic rings. The van der Waals surface area contributed by atoms with Gasteiger partial charge in [-0.25, -0.2) is 0 Å². The van der Waals surface area contributed by atoms with Gasteiger partial charge in [-0.1, -0.05) is 83.9 Å². The highest BCUT2D eigenvalue weighted by molar-refractivity contribution is 5.88. The van der Waals surface area contributed by atoms with E-state index in [0.717, 1.165) is 33.4 Å². The van der Waals surface area contributed by atoms with E-state index in [1.807, 2.05) is 81.4 Å². The van der Waals surface area contributed by atoms with Crippen LogP contribution < -0.4 is 5.32 Å². The van der Waals surface area contributed by atoms with E-state index in [2.05, 4.69) is 17.4 Å². The fourth-order valence-electron chi connectivity index (χ4n) is 3.87. The first-order valence-corrected chi connectivity index (χ1v) is 11.0. The van der Waals surface area contributed by atoms with Crippen molar-refractivity contribution in [1.29, 1.82) is 0 Å². The lowest BCUT2D eigenvalue weighted by molar-refractivity contribution is -0.140. The highest BCUT2D eigenvalue weighted by Gasteiger charge is 2.30. The minimum Gasteiger partial charge on any atom is -0.357 e. The van der Waals surface area contributed by atoms with Crippen molar-refractivity contribution in [3.8, 4) is 0 Å². The van der Waals surface area contributed by atoms with Gasteiger partial charge < -0.3 is 10.2 Å². The molecule has 3 aromatic carbocycles. The van der Waals surface area contributed by atoms with Crippen LogP contribution in [0, 0.1) is 20.8 Å². The van der Waals surface area contributed by atoms with Gasteiger partial charge in [-0.05, 0) is 43.0 Å². The van der Waals surface area contributed by atoms with Gasteiger partial charge in [0.15, 0.2) is 0 Å². The predicted octanol–water partition coefficient (Wildman–Crippen LogP) is 4.54. The minimum atomic E-state index is -0.596. The van der Waals surface area contributed by atoms with Crippen molar-refractivity contribution in [3.05, 3.63) is 106 Å². The second kappa shape index (κ2) is 10.8. The maximum Gasteiger partial charge on any atom is 0.242 e. The van der Waals surface area contributed by atoms with Gasteiger partial charge in [-0.15, -0.1) is 0 Å². The van der Waals surface area contributed by atoms with Gasteiger partial charge in [-0.2, -0.15) is 0 Å². The number of carbonyl (C=O) groups is 2. The van der Waals surface area contributed by atoms with Crippen LogP contribution in [0.15, 0.2) is 72.8 Å². The molecule has 0 fully saturated rings. The standard InChI is InChI=1S/C28H32N2O2/c1-20-11-14-24(15-12-20)19-30(27(31)18-25-16-21(2)10-13-22(25)3)26(28(32)29-4)17-23-8-6-5-7-9-23/h5-16,26H,17-19H2,1-4H3,(H,29,32)/t26-/m1/s1. The topological polar surface area (TPSA) is 49.4 Å². The number of amides is 2. The van der Waals surface area contributed by atoms with Crippen molar-refractivity contribution in [1.82, 2.24) is 10.2 Å². The maximum atomic E-state index is 13.6. The second-order valence-corrected chi connectivity index (χ2v) is 8.43. The number of rotatable bonds is 8. The van der Waals surface area contributed by atoms with Gasteiger partial charge in [0.1, 0.15) is 6.04 Å². The molecule has 1 N–H and O–H groups in total. The van der Waals surface area contributed by atoms with E-state index in [4.69, 9.17) is 0 Å². The van der Waals surface area contributed by atoms with Crippen molar-refractivity contribution in [2.24, 2.45) is 0 Å². The van der Waals surface area contributed by atoms with E-state index in [-0.39, 0.29) is 18.2 Å². The summed E-state index contributed by atoms with van der Waals surface area (Å²) in [5.41, 5.74) is 6.39. The van der Waals surface area contributed by atoms with Gasteiger partial charge in [0.25, 0.3) is 0 Å². The number of likely N-dealkylation sites (N-methyl/N-ethyl adjacent to an activating group) is 1.